The van der Waals surface area contributed by atoms with E-state index in [-0.39, 0.29) is 0 Å². The van der Waals surface area contributed by atoms with Crippen molar-refractivity contribution in [3.63, 3.8) is 0 Å². The second kappa shape index (κ2) is 7.87. The average molecular weight is 253 g/mol. The molecule has 0 spiro atoms. The van der Waals surface area contributed by atoms with Gasteiger partial charge in [-0.05, 0) is 19.3 Å². The normalized spacial score (nSPS) is 10.7. The maximum Gasteiger partial charge on any atom is 0.221 e. The molecule has 102 valence electrons. The van der Waals surface area contributed by atoms with Gasteiger partial charge in [-0.2, -0.15) is 0 Å². The van der Waals surface area contributed by atoms with Gasteiger partial charge in [-0.25, -0.2) is 9.97 Å². The van der Waals surface area contributed by atoms with Crippen LogP contribution in [0.25, 0.3) is 0 Å². The SMILES string of the molecule is COc1ncnc(NCCCOCC(C)C)c1C. The van der Waals surface area contributed by atoms with Crippen LogP contribution in [0.4, 0.5) is 5.82 Å². The average Bonchev–Trinajstić information content (AvgIpc) is 2.35. The molecule has 5 heteroatoms. The third-order valence-corrected chi connectivity index (χ3v) is 2.44. The van der Waals surface area contributed by atoms with Crippen molar-refractivity contribution in [1.29, 1.82) is 0 Å². The van der Waals surface area contributed by atoms with E-state index < -0.39 is 0 Å². The quantitative estimate of drug-likeness (QED) is 0.720. The van der Waals surface area contributed by atoms with Crippen molar-refractivity contribution in [3.05, 3.63) is 11.9 Å². The molecule has 0 aromatic carbocycles. The van der Waals surface area contributed by atoms with Crippen molar-refractivity contribution in [2.45, 2.75) is 27.2 Å². The molecule has 1 aromatic heterocycles. The van der Waals surface area contributed by atoms with Crippen LogP contribution in [0.1, 0.15) is 25.8 Å². The molecule has 0 unspecified atom stereocenters. The van der Waals surface area contributed by atoms with E-state index in [1.807, 2.05) is 6.92 Å². The van der Waals surface area contributed by atoms with Gasteiger partial charge in [0.15, 0.2) is 0 Å². The van der Waals surface area contributed by atoms with E-state index in [2.05, 4.69) is 29.1 Å². The Morgan fingerprint density at radius 1 is 1.33 bits per heavy atom. The Balaban J connectivity index is 2.27. The first kappa shape index (κ1) is 14.7. The molecule has 0 saturated heterocycles. The molecule has 0 saturated carbocycles. The van der Waals surface area contributed by atoms with Gasteiger partial charge in [-0.15, -0.1) is 0 Å². The fourth-order valence-corrected chi connectivity index (χ4v) is 1.52. The maximum atomic E-state index is 5.51. The molecule has 18 heavy (non-hydrogen) atoms. The maximum absolute atomic E-state index is 5.51. The van der Waals surface area contributed by atoms with E-state index in [1.165, 1.54) is 6.33 Å². The number of nitrogens with zero attached hydrogens (tertiary/aromatic N) is 2. The lowest BCUT2D eigenvalue weighted by molar-refractivity contribution is 0.110. The van der Waals surface area contributed by atoms with E-state index >= 15 is 0 Å². The molecule has 0 aliphatic heterocycles. The largest absolute Gasteiger partial charge is 0.481 e. The molecule has 5 nitrogen and oxygen atoms in total. The van der Waals surface area contributed by atoms with Crippen LogP contribution in [0.15, 0.2) is 6.33 Å². The van der Waals surface area contributed by atoms with E-state index in [0.717, 1.165) is 37.6 Å². The van der Waals surface area contributed by atoms with Crippen LogP contribution in [-0.4, -0.2) is 36.8 Å². The predicted octanol–water partition coefficient (Wildman–Crippen LogP) is 2.27. The van der Waals surface area contributed by atoms with Crippen molar-refractivity contribution in [3.8, 4) is 5.88 Å². The molecule has 0 bridgehead atoms. The summed E-state index contributed by atoms with van der Waals surface area (Å²) in [6.45, 7) is 8.66. The van der Waals surface area contributed by atoms with Gasteiger partial charge in [0, 0.05) is 19.8 Å². The van der Waals surface area contributed by atoms with Gasteiger partial charge >= 0.3 is 0 Å². The number of methoxy groups -OCH3 is 1. The first-order chi connectivity index (χ1) is 8.65. The van der Waals surface area contributed by atoms with Crippen LogP contribution in [0, 0.1) is 12.8 Å². The van der Waals surface area contributed by atoms with Gasteiger partial charge in [-0.1, -0.05) is 13.8 Å². The van der Waals surface area contributed by atoms with Crippen LogP contribution in [0.2, 0.25) is 0 Å². The summed E-state index contributed by atoms with van der Waals surface area (Å²) < 4.78 is 10.7. The summed E-state index contributed by atoms with van der Waals surface area (Å²) in [6.07, 6.45) is 2.46. The summed E-state index contributed by atoms with van der Waals surface area (Å²) in [4.78, 5) is 8.23. The zero-order chi connectivity index (χ0) is 13.4. The molecule has 0 fully saturated rings. The number of nitrogens with one attached hydrogen (secondary N) is 1. The molecule has 0 aliphatic rings. The van der Waals surface area contributed by atoms with Gasteiger partial charge in [0.05, 0.1) is 12.7 Å². The second-order valence-corrected chi connectivity index (χ2v) is 4.61. The summed E-state index contributed by atoms with van der Waals surface area (Å²) in [5.74, 6) is 2.03. The summed E-state index contributed by atoms with van der Waals surface area (Å²) >= 11 is 0. The van der Waals surface area contributed by atoms with E-state index in [9.17, 15) is 0 Å². The Labute approximate surface area is 109 Å². The number of hydrogen-bond acceptors (Lipinski definition) is 5. The van der Waals surface area contributed by atoms with Crippen LogP contribution in [0.5, 0.6) is 5.88 Å². The number of anilines is 1. The molecule has 0 radical (unpaired) electrons. The standard InChI is InChI=1S/C13H23N3O2/c1-10(2)8-18-7-5-6-14-12-11(3)13(17-4)16-9-15-12/h9-10H,5-8H2,1-4H3,(H,14,15,16). The smallest absolute Gasteiger partial charge is 0.221 e. The van der Waals surface area contributed by atoms with Crippen molar-refractivity contribution in [1.82, 2.24) is 9.97 Å². The second-order valence-electron chi connectivity index (χ2n) is 4.61. The van der Waals surface area contributed by atoms with Crippen LogP contribution in [-0.2, 0) is 4.74 Å². The Hall–Kier alpha value is -1.36. The highest BCUT2D eigenvalue weighted by Crippen LogP contribution is 2.19. The third kappa shape index (κ3) is 4.87. The Bertz CT molecular complexity index is 356. The fraction of sp³-hybridized carbons (Fsp3) is 0.692. The molecule has 0 atom stereocenters. The van der Waals surface area contributed by atoms with Crippen LogP contribution in [0.3, 0.4) is 0 Å². The molecule has 1 heterocycles. The van der Waals surface area contributed by atoms with Crippen molar-refractivity contribution >= 4 is 5.82 Å². The minimum absolute atomic E-state index is 0.589. The zero-order valence-electron chi connectivity index (χ0n) is 11.7. The van der Waals surface area contributed by atoms with Gasteiger partial charge in [0.25, 0.3) is 0 Å². The topological polar surface area (TPSA) is 56.3 Å². The first-order valence-electron chi connectivity index (χ1n) is 6.32. The van der Waals surface area contributed by atoms with Gasteiger partial charge in [0.2, 0.25) is 5.88 Å². The molecule has 1 aromatic rings. The molecular weight excluding hydrogens is 230 g/mol. The summed E-state index contributed by atoms with van der Waals surface area (Å²) in [7, 11) is 1.61. The molecule has 1 N–H and O–H groups in total. The lowest BCUT2D eigenvalue weighted by Gasteiger charge is -2.11. The Morgan fingerprint density at radius 3 is 2.78 bits per heavy atom. The lowest BCUT2D eigenvalue weighted by Crippen LogP contribution is -2.10. The minimum atomic E-state index is 0.589. The van der Waals surface area contributed by atoms with Gasteiger partial charge in [-0.3, -0.25) is 0 Å². The third-order valence-electron chi connectivity index (χ3n) is 2.44. The summed E-state index contributed by atoms with van der Waals surface area (Å²) in [5.41, 5.74) is 0.933. The van der Waals surface area contributed by atoms with Crippen LogP contribution < -0.4 is 10.1 Å². The minimum Gasteiger partial charge on any atom is -0.481 e. The van der Waals surface area contributed by atoms with E-state index in [4.69, 9.17) is 9.47 Å². The number of hydrogen-bond donors (Lipinski definition) is 1. The van der Waals surface area contributed by atoms with E-state index in [1.54, 1.807) is 7.11 Å². The highest BCUT2D eigenvalue weighted by molar-refractivity contribution is 5.47. The van der Waals surface area contributed by atoms with Crippen molar-refractivity contribution in [2.75, 3.05) is 32.2 Å². The molecule has 0 amide bonds. The molecular formula is C13H23N3O2. The van der Waals surface area contributed by atoms with E-state index in [0.29, 0.717) is 11.8 Å². The van der Waals surface area contributed by atoms with Gasteiger partial charge < -0.3 is 14.8 Å². The number of aromatic nitrogens is 2. The molecule has 1 rings (SSSR count). The summed E-state index contributed by atoms with van der Waals surface area (Å²) in [5, 5.41) is 3.26. The zero-order valence-corrected chi connectivity index (χ0v) is 11.7. The monoisotopic (exact) mass is 253 g/mol. The first-order valence-corrected chi connectivity index (χ1v) is 6.32. The van der Waals surface area contributed by atoms with Crippen LogP contribution >= 0.6 is 0 Å². The highest BCUT2D eigenvalue weighted by Gasteiger charge is 2.05. The van der Waals surface area contributed by atoms with Crippen molar-refractivity contribution < 1.29 is 9.47 Å². The number of rotatable bonds is 8. The Kier molecular flexibility index (Phi) is 6.43. The summed E-state index contributed by atoms with van der Waals surface area (Å²) in [6, 6.07) is 0. The lowest BCUT2D eigenvalue weighted by atomic mass is 10.2. The molecule has 0 aliphatic carbocycles. The fourth-order valence-electron chi connectivity index (χ4n) is 1.52. The van der Waals surface area contributed by atoms with Crippen molar-refractivity contribution in [2.24, 2.45) is 5.92 Å². The predicted molar refractivity (Wildman–Crippen MR) is 72.1 cm³/mol. The van der Waals surface area contributed by atoms with Gasteiger partial charge in [0.1, 0.15) is 12.1 Å². The Morgan fingerprint density at radius 2 is 2.11 bits per heavy atom. The highest BCUT2D eigenvalue weighted by atomic mass is 16.5. The number of ether oxygens (including phenoxy) is 2.